The lowest BCUT2D eigenvalue weighted by Crippen LogP contribution is -2.44. The zero-order chi connectivity index (χ0) is 14.3. The molecule has 3 rings (SSSR count). The van der Waals surface area contributed by atoms with Crippen LogP contribution >= 0.6 is 11.3 Å². The fourth-order valence-corrected chi connectivity index (χ4v) is 2.96. The number of thiazole rings is 1. The smallest absolute Gasteiger partial charge is 0.268 e. The third-order valence-corrected chi connectivity index (χ3v) is 4.10. The lowest BCUT2D eigenvalue weighted by atomic mass is 10.1. The number of aryl methyl sites for hydroxylation is 1. The number of carbonyl (C=O) groups is 1. The van der Waals surface area contributed by atoms with Crippen molar-refractivity contribution in [1.82, 2.24) is 4.98 Å². The first-order valence-corrected chi connectivity index (χ1v) is 7.21. The second-order valence-corrected chi connectivity index (χ2v) is 5.74. The molecule has 0 aliphatic carbocycles. The van der Waals surface area contributed by atoms with Crippen molar-refractivity contribution in [3.8, 4) is 5.75 Å². The van der Waals surface area contributed by atoms with Crippen molar-refractivity contribution >= 4 is 28.6 Å². The molecule has 5 nitrogen and oxygen atoms in total. The summed E-state index contributed by atoms with van der Waals surface area (Å²) >= 11 is 1.55. The number of rotatable bonds is 2. The highest BCUT2D eigenvalue weighted by molar-refractivity contribution is 7.09. The Labute approximate surface area is 121 Å². The predicted octanol–water partition coefficient (Wildman–Crippen LogP) is 2.35. The summed E-state index contributed by atoms with van der Waals surface area (Å²) < 4.78 is 5.61. The molecule has 1 atom stereocenters. The van der Waals surface area contributed by atoms with E-state index in [1.165, 1.54) is 0 Å². The van der Waals surface area contributed by atoms with E-state index in [-0.39, 0.29) is 5.91 Å². The Morgan fingerprint density at radius 1 is 1.50 bits per heavy atom. The number of hydrogen-bond donors (Lipinski definition) is 1. The second-order valence-electron chi connectivity index (χ2n) is 4.79. The third kappa shape index (κ3) is 2.22. The minimum atomic E-state index is -0.509. The van der Waals surface area contributed by atoms with E-state index < -0.39 is 6.10 Å². The monoisotopic (exact) mass is 289 g/mol. The number of nitrogens with two attached hydrogens (primary N) is 1. The quantitative estimate of drug-likeness (QED) is 0.862. The number of hydrogen-bond acceptors (Lipinski definition) is 5. The summed E-state index contributed by atoms with van der Waals surface area (Å²) in [6.07, 6.45) is -0.509. The lowest BCUT2D eigenvalue weighted by molar-refractivity contribution is -0.125. The van der Waals surface area contributed by atoms with E-state index in [4.69, 9.17) is 10.5 Å². The number of nitrogen functional groups attached to an aromatic ring is 1. The minimum Gasteiger partial charge on any atom is -0.479 e. The average Bonchev–Trinajstić information content (AvgIpc) is 2.80. The summed E-state index contributed by atoms with van der Waals surface area (Å²) in [6, 6.07) is 5.33. The average molecular weight is 289 g/mol. The molecule has 0 radical (unpaired) electrons. The van der Waals surface area contributed by atoms with E-state index >= 15 is 0 Å². The van der Waals surface area contributed by atoms with Crippen molar-refractivity contribution in [2.45, 2.75) is 26.5 Å². The Morgan fingerprint density at radius 2 is 2.30 bits per heavy atom. The van der Waals surface area contributed by atoms with E-state index in [9.17, 15) is 4.79 Å². The van der Waals surface area contributed by atoms with Crippen LogP contribution in [0.25, 0.3) is 0 Å². The van der Waals surface area contributed by atoms with Crippen molar-refractivity contribution < 1.29 is 9.53 Å². The molecule has 1 aliphatic rings. The van der Waals surface area contributed by atoms with E-state index in [2.05, 4.69) is 4.98 Å². The van der Waals surface area contributed by atoms with Crippen LogP contribution < -0.4 is 15.4 Å². The number of ether oxygens (including phenoxy) is 1. The molecular formula is C14H15N3O2S. The first-order chi connectivity index (χ1) is 9.54. The van der Waals surface area contributed by atoms with Crippen molar-refractivity contribution in [3.63, 3.8) is 0 Å². The molecule has 1 amide bonds. The molecule has 1 aromatic carbocycles. The van der Waals surface area contributed by atoms with Gasteiger partial charge in [0.25, 0.3) is 5.91 Å². The van der Waals surface area contributed by atoms with Crippen LogP contribution in [0, 0.1) is 6.92 Å². The largest absolute Gasteiger partial charge is 0.479 e. The molecule has 0 saturated carbocycles. The van der Waals surface area contributed by atoms with Gasteiger partial charge in [0.15, 0.2) is 6.10 Å². The highest BCUT2D eigenvalue weighted by Gasteiger charge is 2.32. The Kier molecular flexibility index (Phi) is 3.10. The third-order valence-electron chi connectivity index (χ3n) is 3.15. The normalized spacial score (nSPS) is 17.8. The molecule has 104 valence electrons. The SMILES string of the molecule is Cc1csc(CN2C(=O)C(C)Oc3cc(N)ccc32)n1. The molecule has 2 heterocycles. The Balaban J connectivity index is 1.98. The highest BCUT2D eigenvalue weighted by Crippen LogP contribution is 2.36. The molecule has 0 saturated heterocycles. The topological polar surface area (TPSA) is 68.5 Å². The molecule has 2 aromatic rings. The van der Waals surface area contributed by atoms with Crippen LogP contribution in [-0.4, -0.2) is 17.0 Å². The molecule has 0 spiro atoms. The fourth-order valence-electron chi connectivity index (χ4n) is 2.20. The van der Waals surface area contributed by atoms with E-state index in [0.29, 0.717) is 18.0 Å². The van der Waals surface area contributed by atoms with Gasteiger partial charge in [-0.25, -0.2) is 4.98 Å². The number of anilines is 2. The van der Waals surface area contributed by atoms with Crippen molar-refractivity contribution in [3.05, 3.63) is 34.3 Å². The number of carbonyl (C=O) groups excluding carboxylic acids is 1. The number of amides is 1. The Hall–Kier alpha value is -2.08. The second kappa shape index (κ2) is 4.79. The van der Waals surface area contributed by atoms with E-state index in [1.807, 2.05) is 18.4 Å². The van der Waals surface area contributed by atoms with Crippen molar-refractivity contribution in [2.75, 3.05) is 10.6 Å². The highest BCUT2D eigenvalue weighted by atomic mass is 32.1. The van der Waals surface area contributed by atoms with E-state index in [1.54, 1.807) is 35.3 Å². The number of benzene rings is 1. The Morgan fingerprint density at radius 3 is 3.00 bits per heavy atom. The van der Waals surface area contributed by atoms with Gasteiger partial charge in [-0.15, -0.1) is 11.3 Å². The van der Waals surface area contributed by atoms with E-state index in [0.717, 1.165) is 16.4 Å². The summed E-state index contributed by atoms with van der Waals surface area (Å²) in [5.41, 5.74) is 8.10. The summed E-state index contributed by atoms with van der Waals surface area (Å²) in [7, 11) is 0. The van der Waals surface area contributed by atoms with Gasteiger partial charge < -0.3 is 10.5 Å². The number of aromatic nitrogens is 1. The van der Waals surface area contributed by atoms with Crippen LogP contribution in [0.1, 0.15) is 17.6 Å². The summed E-state index contributed by atoms with van der Waals surface area (Å²) in [6.45, 7) is 4.15. The van der Waals surface area contributed by atoms with Crippen LogP contribution in [0.5, 0.6) is 5.75 Å². The van der Waals surface area contributed by atoms with Gasteiger partial charge in [-0.2, -0.15) is 0 Å². The van der Waals surface area contributed by atoms with Gasteiger partial charge in [0, 0.05) is 22.8 Å². The van der Waals surface area contributed by atoms with Crippen molar-refractivity contribution in [1.29, 1.82) is 0 Å². The van der Waals surface area contributed by atoms with Crippen molar-refractivity contribution in [2.24, 2.45) is 0 Å². The maximum Gasteiger partial charge on any atom is 0.268 e. The molecule has 1 aliphatic heterocycles. The molecule has 0 bridgehead atoms. The molecule has 0 fully saturated rings. The maximum absolute atomic E-state index is 12.3. The molecule has 20 heavy (non-hydrogen) atoms. The lowest BCUT2D eigenvalue weighted by Gasteiger charge is -2.32. The predicted molar refractivity (Wildman–Crippen MR) is 79.0 cm³/mol. The zero-order valence-electron chi connectivity index (χ0n) is 11.3. The summed E-state index contributed by atoms with van der Waals surface area (Å²) in [4.78, 5) is 18.5. The summed E-state index contributed by atoms with van der Waals surface area (Å²) in [5, 5.41) is 2.89. The van der Waals surface area contributed by atoms with Gasteiger partial charge in [0.2, 0.25) is 0 Å². The van der Waals surface area contributed by atoms with Gasteiger partial charge in [-0.05, 0) is 26.0 Å². The fraction of sp³-hybridized carbons (Fsp3) is 0.286. The van der Waals surface area contributed by atoms with Crippen LogP contribution in [0.4, 0.5) is 11.4 Å². The first-order valence-electron chi connectivity index (χ1n) is 6.33. The number of fused-ring (bicyclic) bond motifs is 1. The van der Waals surface area contributed by atoms with Crippen LogP contribution in [-0.2, 0) is 11.3 Å². The number of nitrogens with zero attached hydrogens (tertiary/aromatic N) is 2. The van der Waals surface area contributed by atoms with Gasteiger partial charge >= 0.3 is 0 Å². The minimum absolute atomic E-state index is 0.0601. The molecular weight excluding hydrogens is 274 g/mol. The first kappa shape index (κ1) is 12.9. The molecule has 1 aromatic heterocycles. The maximum atomic E-state index is 12.3. The molecule has 6 heteroatoms. The zero-order valence-corrected chi connectivity index (χ0v) is 12.1. The van der Waals surface area contributed by atoms with Crippen LogP contribution in [0.3, 0.4) is 0 Å². The van der Waals surface area contributed by atoms with Gasteiger partial charge in [0.1, 0.15) is 10.8 Å². The van der Waals surface area contributed by atoms with Gasteiger partial charge in [0.05, 0.1) is 12.2 Å². The standard InChI is InChI=1S/C14H15N3O2S/c1-8-7-20-13(16-8)6-17-11-4-3-10(15)5-12(11)19-9(2)14(17)18/h3-5,7,9H,6,15H2,1-2H3. The van der Waals surface area contributed by atoms with Gasteiger partial charge in [-0.3, -0.25) is 9.69 Å². The Bertz CT molecular complexity index is 668. The molecule has 2 N–H and O–H groups in total. The van der Waals surface area contributed by atoms with Gasteiger partial charge in [-0.1, -0.05) is 0 Å². The van der Waals surface area contributed by atoms with Crippen LogP contribution in [0.2, 0.25) is 0 Å². The van der Waals surface area contributed by atoms with Crippen LogP contribution in [0.15, 0.2) is 23.6 Å². The molecule has 1 unspecified atom stereocenters. The summed E-state index contributed by atoms with van der Waals surface area (Å²) in [5.74, 6) is 0.584.